The third-order valence-corrected chi connectivity index (χ3v) is 9.07. The number of aliphatic carboxylic acids is 1. The van der Waals surface area contributed by atoms with Gasteiger partial charge in [0, 0.05) is 11.6 Å². The van der Waals surface area contributed by atoms with E-state index >= 15 is 0 Å². The van der Waals surface area contributed by atoms with E-state index in [2.05, 4.69) is 46.2 Å². The first-order chi connectivity index (χ1) is 15.2. The van der Waals surface area contributed by atoms with Crippen LogP contribution in [0.5, 0.6) is 17.2 Å². The highest BCUT2D eigenvalue weighted by molar-refractivity contribution is 6.71. The Morgan fingerprint density at radius 3 is 1.97 bits per heavy atom. The van der Waals surface area contributed by atoms with Gasteiger partial charge in [-0.3, -0.25) is 0 Å². The molecule has 0 saturated heterocycles. The Balaban J connectivity index is 3.20. The number of methoxy groups -OCH3 is 3. The lowest BCUT2D eigenvalue weighted by Crippen LogP contribution is -2.43. The Morgan fingerprint density at radius 2 is 1.55 bits per heavy atom. The minimum Gasteiger partial charge on any atom is -0.493 e. The smallest absolute Gasteiger partial charge is 0.328 e. The molecule has 33 heavy (non-hydrogen) atoms. The molecule has 10 heteroatoms. The molecule has 0 radical (unpaired) electrons. The molecule has 7 nitrogen and oxygen atoms in total. The molecule has 0 fully saturated rings. The van der Waals surface area contributed by atoms with Crippen LogP contribution in [0.3, 0.4) is 0 Å². The third kappa shape index (κ3) is 10.0. The summed E-state index contributed by atoms with van der Waals surface area (Å²) in [6.45, 7) is 15.3. The minimum absolute atomic E-state index is 0.0609. The van der Waals surface area contributed by atoms with Crippen LogP contribution in [0.2, 0.25) is 45.3 Å². The average molecular weight is 515 g/mol. The second kappa shape index (κ2) is 12.7. The summed E-state index contributed by atoms with van der Waals surface area (Å²) in [7, 11) is 0.636. The highest BCUT2D eigenvalue weighted by Gasteiger charge is 2.28. The van der Waals surface area contributed by atoms with Crippen molar-refractivity contribution in [1.29, 1.82) is 0 Å². The zero-order chi connectivity index (χ0) is 25.4. The van der Waals surface area contributed by atoms with Crippen molar-refractivity contribution in [3.05, 3.63) is 23.3 Å². The number of hydrogen-bond donors (Lipinski definition) is 1. The summed E-state index contributed by atoms with van der Waals surface area (Å²) in [5, 5.41) is 9.16. The molecular formula is C23H42O7Si3. The van der Waals surface area contributed by atoms with Gasteiger partial charge in [-0.15, -0.1) is 0 Å². The Hall–Kier alpha value is -1.60. The molecule has 0 bridgehead atoms. The van der Waals surface area contributed by atoms with E-state index in [1.807, 2.05) is 0 Å². The van der Waals surface area contributed by atoms with Crippen LogP contribution >= 0.6 is 0 Å². The first-order valence-electron chi connectivity index (χ1n) is 11.3. The lowest BCUT2D eigenvalue weighted by Gasteiger charge is -2.32. The van der Waals surface area contributed by atoms with Gasteiger partial charge in [-0.2, -0.15) is 0 Å². The lowest BCUT2D eigenvalue weighted by molar-refractivity contribution is -0.131. The highest BCUT2D eigenvalue weighted by atomic mass is 28.4. The number of ether oxygens (including phenoxy) is 3. The van der Waals surface area contributed by atoms with E-state index in [0.717, 1.165) is 29.7 Å². The monoisotopic (exact) mass is 514 g/mol. The third-order valence-electron chi connectivity index (χ3n) is 4.85. The van der Waals surface area contributed by atoms with E-state index in [0.29, 0.717) is 17.2 Å². The molecule has 0 aliphatic heterocycles. The number of carboxylic acids is 1. The Labute approximate surface area is 203 Å². The van der Waals surface area contributed by atoms with Crippen LogP contribution in [0.4, 0.5) is 0 Å². The molecular weight excluding hydrogens is 473 g/mol. The Kier molecular flexibility index (Phi) is 11.4. The minimum atomic E-state index is -1.71. The first kappa shape index (κ1) is 29.4. The highest BCUT2D eigenvalue weighted by Crippen LogP contribution is 2.46. The summed E-state index contributed by atoms with van der Waals surface area (Å²) in [5.74, 6) is 0.619. The molecule has 0 aromatic heterocycles. The van der Waals surface area contributed by atoms with Crippen molar-refractivity contribution in [2.24, 2.45) is 0 Å². The topological polar surface area (TPSA) is 83.5 Å². The SMILES string of the molecule is COc1cc(C=CC(=O)O)c(C(C)CC[SiH2]C(O[Si](C)(C)C)O[Si](C)(C)C)c(OC)c1OC. The van der Waals surface area contributed by atoms with Gasteiger partial charge >= 0.3 is 5.97 Å². The number of hydrogen-bond acceptors (Lipinski definition) is 6. The van der Waals surface area contributed by atoms with Crippen molar-refractivity contribution >= 4 is 38.2 Å². The maximum atomic E-state index is 11.2. The molecule has 1 rings (SSSR count). The van der Waals surface area contributed by atoms with Gasteiger partial charge < -0.3 is 28.2 Å². The van der Waals surface area contributed by atoms with Crippen molar-refractivity contribution in [1.82, 2.24) is 0 Å². The van der Waals surface area contributed by atoms with Crippen LogP contribution < -0.4 is 14.2 Å². The predicted octanol–water partition coefficient (Wildman–Crippen LogP) is 4.88. The number of rotatable bonds is 14. The van der Waals surface area contributed by atoms with Crippen LogP contribution in [0.15, 0.2) is 12.1 Å². The summed E-state index contributed by atoms with van der Waals surface area (Å²) in [6.07, 6.45) is 3.62. The van der Waals surface area contributed by atoms with Crippen LogP contribution in [0, 0.1) is 0 Å². The summed E-state index contributed by atoms with van der Waals surface area (Å²) >= 11 is 0. The van der Waals surface area contributed by atoms with Crippen LogP contribution in [0.1, 0.15) is 30.4 Å². The summed E-state index contributed by atoms with van der Waals surface area (Å²) in [6, 6.07) is 2.83. The molecule has 188 valence electrons. The fourth-order valence-corrected chi connectivity index (χ4v) is 10.6. The van der Waals surface area contributed by atoms with E-state index in [4.69, 9.17) is 28.2 Å². The molecule has 0 saturated carbocycles. The molecule has 1 N–H and O–H groups in total. The molecule has 0 heterocycles. The van der Waals surface area contributed by atoms with Crippen molar-refractivity contribution in [3.8, 4) is 17.2 Å². The fraction of sp³-hybridized carbons (Fsp3) is 0.609. The second-order valence-corrected chi connectivity index (χ2v) is 20.9. The van der Waals surface area contributed by atoms with Gasteiger partial charge in [0.25, 0.3) is 0 Å². The van der Waals surface area contributed by atoms with E-state index < -0.39 is 32.1 Å². The zero-order valence-corrected chi connectivity index (χ0v) is 25.3. The zero-order valence-electron chi connectivity index (χ0n) is 21.9. The quantitative estimate of drug-likeness (QED) is 0.215. The number of benzene rings is 1. The van der Waals surface area contributed by atoms with Gasteiger partial charge in [0.1, 0.15) is 5.91 Å². The molecule has 0 spiro atoms. The summed E-state index contributed by atoms with van der Waals surface area (Å²) in [5.41, 5.74) is 1.66. The number of carbonyl (C=O) groups is 1. The maximum absolute atomic E-state index is 11.2. The van der Waals surface area contributed by atoms with E-state index in [1.54, 1.807) is 33.5 Å². The largest absolute Gasteiger partial charge is 0.493 e. The molecule has 0 amide bonds. The van der Waals surface area contributed by atoms with E-state index in [1.165, 1.54) is 0 Å². The van der Waals surface area contributed by atoms with Gasteiger partial charge in [-0.05, 0) is 69.3 Å². The van der Waals surface area contributed by atoms with Crippen LogP contribution in [-0.2, 0) is 13.6 Å². The Morgan fingerprint density at radius 1 is 1.00 bits per heavy atom. The van der Waals surface area contributed by atoms with Gasteiger partial charge in [0.2, 0.25) is 5.75 Å². The molecule has 1 aromatic carbocycles. The molecule has 0 aliphatic carbocycles. The van der Waals surface area contributed by atoms with Gasteiger partial charge in [-0.25, -0.2) is 4.79 Å². The summed E-state index contributed by atoms with van der Waals surface area (Å²) < 4.78 is 29.5. The van der Waals surface area contributed by atoms with Crippen molar-refractivity contribution in [3.63, 3.8) is 0 Å². The normalized spacial score (nSPS) is 13.8. The predicted molar refractivity (Wildman–Crippen MR) is 142 cm³/mol. The standard InChI is InChI=1S/C23H42O7Si3/c1-16(13-14-31-23(29-32(5,6)7)30-33(8,9)10)20-17(11-12-19(24)25)15-18(26-2)21(27-3)22(20)28-4/h11-12,15-16,23H,13-14,31H2,1-10H3,(H,24,25). The molecule has 1 aromatic rings. The second-order valence-electron chi connectivity index (χ2n) is 10.0. The van der Waals surface area contributed by atoms with Gasteiger partial charge in [-0.1, -0.05) is 13.0 Å². The van der Waals surface area contributed by atoms with E-state index in [9.17, 15) is 4.79 Å². The summed E-state index contributed by atoms with van der Waals surface area (Å²) in [4.78, 5) is 11.2. The Bertz CT molecular complexity index is 798. The fourth-order valence-electron chi connectivity index (χ4n) is 3.67. The number of carboxylic acid groups (broad SMARTS) is 1. The molecule has 0 aliphatic rings. The molecule has 1 unspecified atom stereocenters. The lowest BCUT2D eigenvalue weighted by atomic mass is 9.91. The molecule has 1 atom stereocenters. The van der Waals surface area contributed by atoms with Gasteiger partial charge in [0.05, 0.1) is 30.8 Å². The van der Waals surface area contributed by atoms with E-state index in [-0.39, 0.29) is 11.8 Å². The van der Waals surface area contributed by atoms with Crippen LogP contribution in [-0.4, -0.2) is 64.5 Å². The first-order valence-corrected chi connectivity index (χ1v) is 19.9. The maximum Gasteiger partial charge on any atom is 0.328 e. The van der Waals surface area contributed by atoms with Crippen molar-refractivity contribution < 1.29 is 33.0 Å². The van der Waals surface area contributed by atoms with Gasteiger partial charge in [0.15, 0.2) is 28.1 Å². The van der Waals surface area contributed by atoms with Crippen LogP contribution in [0.25, 0.3) is 6.08 Å². The average Bonchev–Trinajstić information content (AvgIpc) is 2.67. The van der Waals surface area contributed by atoms with Crippen molar-refractivity contribution in [2.45, 2.75) is 70.5 Å². The van der Waals surface area contributed by atoms with Crippen molar-refractivity contribution in [2.75, 3.05) is 21.3 Å².